The highest BCUT2D eigenvalue weighted by Gasteiger charge is 2.27. The molecule has 0 bridgehead atoms. The maximum atomic E-state index is 13.4. The minimum Gasteiger partial charge on any atom is -0.507 e. The highest BCUT2D eigenvalue weighted by molar-refractivity contribution is 7.92. The molecule has 3 aromatic rings. The number of phenols is 1. The summed E-state index contributed by atoms with van der Waals surface area (Å²) in [7, 11) is -4.03. The number of benzene rings is 3. The van der Waals surface area contributed by atoms with Gasteiger partial charge in [-0.2, -0.15) is 0 Å². The second-order valence-electron chi connectivity index (χ2n) is 7.58. The maximum Gasteiger partial charge on any atom is 0.339 e. The van der Waals surface area contributed by atoms with Crippen molar-refractivity contribution >= 4 is 44.9 Å². The Kier molecular flexibility index (Phi) is 7.41. The Bertz CT molecular complexity index is 1280. The molecule has 7 nitrogen and oxygen atoms in total. The molecule has 0 fully saturated rings. The van der Waals surface area contributed by atoms with E-state index in [1.165, 1.54) is 42.5 Å². The molecule has 0 aliphatic heterocycles. The van der Waals surface area contributed by atoms with Gasteiger partial charge in [-0.25, -0.2) is 13.2 Å². The van der Waals surface area contributed by atoms with Crippen molar-refractivity contribution in [3.8, 4) is 17.2 Å². The van der Waals surface area contributed by atoms with Crippen LogP contribution in [0.4, 0.5) is 5.69 Å². The number of ether oxygens (including phenoxy) is 1. The molecule has 0 saturated carbocycles. The van der Waals surface area contributed by atoms with E-state index in [4.69, 9.17) is 33.0 Å². The van der Waals surface area contributed by atoms with Gasteiger partial charge in [0, 0.05) is 17.6 Å². The molecule has 33 heavy (non-hydrogen) atoms. The van der Waals surface area contributed by atoms with Crippen molar-refractivity contribution in [1.82, 2.24) is 0 Å². The van der Waals surface area contributed by atoms with Gasteiger partial charge in [-0.15, -0.1) is 0 Å². The van der Waals surface area contributed by atoms with E-state index in [0.29, 0.717) is 21.5 Å². The van der Waals surface area contributed by atoms with Crippen LogP contribution in [0.3, 0.4) is 0 Å². The van der Waals surface area contributed by atoms with Gasteiger partial charge < -0.3 is 14.9 Å². The van der Waals surface area contributed by atoms with Crippen molar-refractivity contribution in [3.05, 3.63) is 76.3 Å². The largest absolute Gasteiger partial charge is 0.507 e. The summed E-state index contributed by atoms with van der Waals surface area (Å²) >= 11 is 12.0. The first-order chi connectivity index (χ1) is 15.5. The van der Waals surface area contributed by atoms with Crippen LogP contribution in [0.15, 0.2) is 65.6 Å². The van der Waals surface area contributed by atoms with Crippen molar-refractivity contribution in [2.75, 3.05) is 10.8 Å². The molecule has 0 unspecified atom stereocenters. The summed E-state index contributed by atoms with van der Waals surface area (Å²) in [6.07, 6.45) is 0. The van der Waals surface area contributed by atoms with E-state index in [9.17, 15) is 18.3 Å². The van der Waals surface area contributed by atoms with Crippen molar-refractivity contribution in [2.45, 2.75) is 18.7 Å². The number of hydrogen-bond acceptors (Lipinski definition) is 5. The lowest BCUT2D eigenvalue weighted by molar-refractivity contribution is 0.0693. The summed E-state index contributed by atoms with van der Waals surface area (Å²) in [6.45, 7) is 3.81. The Balaban J connectivity index is 1.93. The van der Waals surface area contributed by atoms with Gasteiger partial charge in [0.25, 0.3) is 10.0 Å². The van der Waals surface area contributed by atoms with Crippen LogP contribution >= 0.6 is 23.2 Å². The molecule has 0 aliphatic rings. The second-order valence-corrected chi connectivity index (χ2v) is 10.3. The average Bonchev–Trinajstić information content (AvgIpc) is 2.74. The van der Waals surface area contributed by atoms with Crippen LogP contribution in [-0.2, 0) is 10.0 Å². The number of nitrogens with zero attached hydrogens (tertiary/aromatic N) is 1. The normalized spacial score (nSPS) is 11.4. The number of anilines is 1. The van der Waals surface area contributed by atoms with Gasteiger partial charge in [0.2, 0.25) is 0 Å². The Hall–Kier alpha value is -2.94. The minimum absolute atomic E-state index is 0.000459. The van der Waals surface area contributed by atoms with Crippen LogP contribution in [-0.4, -0.2) is 31.1 Å². The number of hydrogen-bond donors (Lipinski definition) is 2. The zero-order valence-corrected chi connectivity index (χ0v) is 20.0. The molecule has 0 atom stereocenters. The Labute approximate surface area is 201 Å². The highest BCUT2D eigenvalue weighted by Crippen LogP contribution is 2.33. The van der Waals surface area contributed by atoms with E-state index in [1.54, 1.807) is 12.1 Å². The highest BCUT2D eigenvalue weighted by atomic mass is 35.5. The van der Waals surface area contributed by atoms with E-state index in [0.717, 1.165) is 10.4 Å². The first-order valence-corrected chi connectivity index (χ1v) is 12.0. The van der Waals surface area contributed by atoms with Crippen molar-refractivity contribution in [3.63, 3.8) is 0 Å². The smallest absolute Gasteiger partial charge is 0.339 e. The van der Waals surface area contributed by atoms with E-state index in [1.807, 2.05) is 13.8 Å². The van der Waals surface area contributed by atoms with Crippen molar-refractivity contribution in [2.24, 2.45) is 5.92 Å². The molecule has 0 saturated heterocycles. The minimum atomic E-state index is -4.03. The van der Waals surface area contributed by atoms with Gasteiger partial charge in [0.05, 0.1) is 15.6 Å². The molecule has 0 aromatic heterocycles. The van der Waals surface area contributed by atoms with Crippen LogP contribution < -0.4 is 9.04 Å². The number of halogens is 2. The summed E-state index contributed by atoms with van der Waals surface area (Å²) in [6, 6.07) is 14.2. The van der Waals surface area contributed by atoms with E-state index >= 15 is 0 Å². The zero-order chi connectivity index (χ0) is 24.3. The van der Waals surface area contributed by atoms with Gasteiger partial charge in [0.15, 0.2) is 0 Å². The van der Waals surface area contributed by atoms with Gasteiger partial charge in [-0.3, -0.25) is 4.31 Å². The standard InChI is InChI=1S/C23H21Cl2NO6S/c1-14(2)13-26(16-4-9-19(23(28)29)21(27)12-16)33(30,31)18-7-5-17(6-8-18)32-22-10-3-15(24)11-20(22)25/h3-12,14,27H,13H2,1-2H3,(H,28,29). The maximum absolute atomic E-state index is 13.4. The number of aromatic carboxylic acids is 1. The van der Waals surface area contributed by atoms with Crippen LogP contribution in [0.5, 0.6) is 17.2 Å². The fraction of sp³-hybridized carbons (Fsp3) is 0.174. The number of sulfonamides is 1. The lowest BCUT2D eigenvalue weighted by Gasteiger charge is -2.26. The summed E-state index contributed by atoms with van der Waals surface area (Å²) in [5, 5.41) is 20.0. The zero-order valence-electron chi connectivity index (χ0n) is 17.7. The molecule has 3 aromatic carbocycles. The van der Waals surface area contributed by atoms with Crippen LogP contribution in [0.2, 0.25) is 10.0 Å². The Morgan fingerprint density at radius 2 is 1.70 bits per heavy atom. The second kappa shape index (κ2) is 9.91. The fourth-order valence-electron chi connectivity index (χ4n) is 3.02. The summed E-state index contributed by atoms with van der Waals surface area (Å²) < 4.78 is 33.7. The third-order valence-electron chi connectivity index (χ3n) is 4.56. The average molecular weight is 510 g/mol. The van der Waals surface area contributed by atoms with E-state index in [2.05, 4.69) is 0 Å². The number of carboxylic acids is 1. The summed E-state index contributed by atoms with van der Waals surface area (Å²) in [5.74, 6) is -1.14. The molecule has 0 spiro atoms. The molecule has 174 valence electrons. The summed E-state index contributed by atoms with van der Waals surface area (Å²) in [5.41, 5.74) is -0.164. The predicted molar refractivity (Wildman–Crippen MR) is 127 cm³/mol. The van der Waals surface area contributed by atoms with E-state index in [-0.39, 0.29) is 28.6 Å². The summed E-state index contributed by atoms with van der Waals surface area (Å²) in [4.78, 5) is 11.2. The number of carboxylic acid groups (broad SMARTS) is 1. The number of carbonyl (C=O) groups is 1. The van der Waals surface area contributed by atoms with E-state index < -0.39 is 21.7 Å². The molecular weight excluding hydrogens is 489 g/mol. The number of aromatic hydroxyl groups is 1. The lowest BCUT2D eigenvalue weighted by atomic mass is 10.1. The van der Waals surface area contributed by atoms with Gasteiger partial charge in [-0.05, 0) is 60.5 Å². The van der Waals surface area contributed by atoms with Gasteiger partial charge in [0.1, 0.15) is 22.8 Å². The Morgan fingerprint density at radius 1 is 1.03 bits per heavy atom. The van der Waals surface area contributed by atoms with Crippen LogP contribution in [0, 0.1) is 5.92 Å². The molecule has 3 rings (SSSR count). The van der Waals surface area contributed by atoms with Gasteiger partial charge >= 0.3 is 5.97 Å². The van der Waals surface area contributed by atoms with Crippen LogP contribution in [0.1, 0.15) is 24.2 Å². The molecule has 0 amide bonds. The third-order valence-corrected chi connectivity index (χ3v) is 6.90. The number of rotatable bonds is 8. The molecular formula is C23H21Cl2NO6S. The van der Waals surface area contributed by atoms with Crippen molar-refractivity contribution < 1.29 is 28.2 Å². The first kappa shape index (κ1) is 24.7. The molecule has 0 aliphatic carbocycles. The van der Waals surface area contributed by atoms with Gasteiger partial charge in [-0.1, -0.05) is 37.0 Å². The molecule has 0 radical (unpaired) electrons. The fourth-order valence-corrected chi connectivity index (χ4v) is 5.09. The Morgan fingerprint density at radius 3 is 2.24 bits per heavy atom. The topological polar surface area (TPSA) is 104 Å². The molecule has 10 heteroatoms. The third kappa shape index (κ3) is 5.71. The predicted octanol–water partition coefficient (Wildman–Crippen LogP) is 6.04. The quantitative estimate of drug-likeness (QED) is 0.383. The van der Waals surface area contributed by atoms with Crippen molar-refractivity contribution in [1.29, 1.82) is 0 Å². The SMILES string of the molecule is CC(C)CN(c1ccc(C(=O)O)c(O)c1)S(=O)(=O)c1ccc(Oc2ccc(Cl)cc2Cl)cc1. The monoisotopic (exact) mass is 509 g/mol. The molecule has 2 N–H and O–H groups in total. The lowest BCUT2D eigenvalue weighted by Crippen LogP contribution is -2.34. The van der Waals surface area contributed by atoms with Crippen LogP contribution in [0.25, 0.3) is 0 Å². The first-order valence-electron chi connectivity index (χ1n) is 9.81. The molecule has 0 heterocycles.